The minimum absolute atomic E-state index is 0. The van der Waals surface area contributed by atoms with E-state index in [1.165, 1.54) is 0 Å². The van der Waals surface area contributed by atoms with Crippen LogP contribution in [0.15, 0.2) is 54.6 Å². The molecule has 2 aromatic rings. The van der Waals surface area contributed by atoms with Gasteiger partial charge in [-0.1, -0.05) is 54.1 Å². The molecule has 0 aliphatic carbocycles. The molecule has 0 aliphatic heterocycles. The Balaban J connectivity index is 0.00000180. The summed E-state index contributed by atoms with van der Waals surface area (Å²) in [6.45, 7) is 1.01. The van der Waals surface area contributed by atoms with E-state index in [-0.39, 0.29) is 18.5 Å². The summed E-state index contributed by atoms with van der Waals surface area (Å²) in [7, 11) is 0. The molecule has 0 saturated heterocycles. The van der Waals surface area contributed by atoms with Gasteiger partial charge in [-0.05, 0) is 23.3 Å². The van der Waals surface area contributed by atoms with Gasteiger partial charge in [-0.2, -0.15) is 0 Å². The number of benzene rings is 2. The van der Waals surface area contributed by atoms with E-state index >= 15 is 0 Å². The van der Waals surface area contributed by atoms with Crippen LogP contribution in [-0.4, -0.2) is 6.54 Å². The molecule has 2 rings (SSSR count). The summed E-state index contributed by atoms with van der Waals surface area (Å²) in [5.74, 6) is 0. The van der Waals surface area contributed by atoms with Gasteiger partial charge in [-0.25, -0.2) is 0 Å². The molecule has 0 radical (unpaired) electrons. The first-order valence-electron chi connectivity index (χ1n) is 5.90. The fraction of sp³-hybridized carbons (Fsp3) is 0.200. The molecule has 0 heterocycles. The molecule has 19 heavy (non-hydrogen) atoms. The summed E-state index contributed by atoms with van der Waals surface area (Å²) < 4.78 is 5.84. The SMILES string of the molecule is Cl.NCC(OCc1ccccc1)c1ccc(Cl)cc1. The quantitative estimate of drug-likeness (QED) is 0.906. The number of hydrogen-bond donors (Lipinski definition) is 1. The number of nitrogens with two attached hydrogens (primary N) is 1. The van der Waals surface area contributed by atoms with Gasteiger partial charge >= 0.3 is 0 Å². The van der Waals surface area contributed by atoms with Crippen LogP contribution >= 0.6 is 24.0 Å². The highest BCUT2D eigenvalue weighted by Gasteiger charge is 2.09. The first kappa shape index (κ1) is 16.0. The Bertz CT molecular complexity index is 473. The monoisotopic (exact) mass is 297 g/mol. The average molecular weight is 298 g/mol. The lowest BCUT2D eigenvalue weighted by Crippen LogP contribution is -2.15. The Morgan fingerprint density at radius 1 is 1.00 bits per heavy atom. The van der Waals surface area contributed by atoms with Crippen LogP contribution in [0.2, 0.25) is 5.02 Å². The molecule has 102 valence electrons. The Hall–Kier alpha value is -1.06. The Morgan fingerprint density at radius 2 is 1.63 bits per heavy atom. The molecule has 0 fully saturated rings. The van der Waals surface area contributed by atoms with Crippen molar-refractivity contribution in [3.8, 4) is 0 Å². The molecular formula is C15H17Cl2NO. The summed E-state index contributed by atoms with van der Waals surface area (Å²) >= 11 is 5.86. The predicted octanol–water partition coefficient (Wildman–Crippen LogP) is 3.98. The third kappa shape index (κ3) is 4.84. The maximum absolute atomic E-state index is 5.86. The maximum atomic E-state index is 5.86. The molecule has 0 aromatic heterocycles. The van der Waals surface area contributed by atoms with Gasteiger partial charge in [0.1, 0.15) is 0 Å². The van der Waals surface area contributed by atoms with Crippen LogP contribution in [0, 0.1) is 0 Å². The molecule has 0 saturated carbocycles. The molecule has 2 nitrogen and oxygen atoms in total. The van der Waals surface area contributed by atoms with Crippen LogP contribution in [0.1, 0.15) is 17.2 Å². The number of rotatable bonds is 5. The standard InChI is InChI=1S/C15H16ClNO.ClH/c16-14-8-6-13(7-9-14)15(10-17)18-11-12-4-2-1-3-5-12;/h1-9,15H,10-11,17H2;1H. The normalized spacial score (nSPS) is 11.7. The largest absolute Gasteiger partial charge is 0.368 e. The van der Waals surface area contributed by atoms with Crippen LogP contribution in [-0.2, 0) is 11.3 Å². The second-order valence-electron chi connectivity index (χ2n) is 4.07. The minimum atomic E-state index is -0.0949. The van der Waals surface area contributed by atoms with Crippen molar-refractivity contribution in [1.82, 2.24) is 0 Å². The number of hydrogen-bond acceptors (Lipinski definition) is 2. The molecule has 1 unspecified atom stereocenters. The second-order valence-corrected chi connectivity index (χ2v) is 4.51. The summed E-state index contributed by atoms with van der Waals surface area (Å²) in [5.41, 5.74) is 7.95. The van der Waals surface area contributed by atoms with Crippen molar-refractivity contribution in [1.29, 1.82) is 0 Å². The zero-order valence-corrected chi connectivity index (χ0v) is 12.0. The summed E-state index contributed by atoms with van der Waals surface area (Å²) in [4.78, 5) is 0. The van der Waals surface area contributed by atoms with Gasteiger partial charge in [0, 0.05) is 11.6 Å². The van der Waals surface area contributed by atoms with Gasteiger partial charge in [0.15, 0.2) is 0 Å². The van der Waals surface area contributed by atoms with Gasteiger partial charge in [-0.3, -0.25) is 0 Å². The highest BCUT2D eigenvalue weighted by Crippen LogP contribution is 2.20. The summed E-state index contributed by atoms with van der Waals surface area (Å²) in [5, 5.41) is 0.720. The van der Waals surface area contributed by atoms with Crippen molar-refractivity contribution in [3.05, 3.63) is 70.7 Å². The Morgan fingerprint density at radius 3 is 2.21 bits per heavy atom. The lowest BCUT2D eigenvalue weighted by Gasteiger charge is -2.16. The topological polar surface area (TPSA) is 35.2 Å². The van der Waals surface area contributed by atoms with E-state index in [1.54, 1.807) is 0 Å². The minimum Gasteiger partial charge on any atom is -0.368 e. The summed E-state index contributed by atoms with van der Waals surface area (Å²) in [6.07, 6.45) is -0.0949. The number of halogens is 2. The van der Waals surface area contributed by atoms with Crippen LogP contribution in [0.25, 0.3) is 0 Å². The fourth-order valence-electron chi connectivity index (χ4n) is 1.75. The predicted molar refractivity (Wildman–Crippen MR) is 81.7 cm³/mol. The molecule has 0 spiro atoms. The zero-order chi connectivity index (χ0) is 12.8. The Kier molecular flexibility index (Phi) is 6.89. The van der Waals surface area contributed by atoms with Crippen LogP contribution < -0.4 is 5.73 Å². The molecule has 2 aromatic carbocycles. The summed E-state index contributed by atoms with van der Waals surface area (Å²) in [6, 6.07) is 17.7. The molecule has 4 heteroatoms. The molecule has 0 amide bonds. The van der Waals surface area contributed by atoms with Gasteiger partial charge in [0.25, 0.3) is 0 Å². The maximum Gasteiger partial charge on any atom is 0.0951 e. The van der Waals surface area contributed by atoms with Gasteiger partial charge < -0.3 is 10.5 Å². The van der Waals surface area contributed by atoms with E-state index in [0.717, 1.165) is 16.1 Å². The zero-order valence-electron chi connectivity index (χ0n) is 10.5. The third-order valence-corrected chi connectivity index (χ3v) is 3.00. The molecule has 2 N–H and O–H groups in total. The van der Waals surface area contributed by atoms with Crippen molar-refractivity contribution in [2.45, 2.75) is 12.7 Å². The average Bonchev–Trinajstić information content (AvgIpc) is 2.42. The van der Waals surface area contributed by atoms with E-state index in [1.807, 2.05) is 54.6 Å². The third-order valence-electron chi connectivity index (χ3n) is 2.75. The Labute approximate surface area is 124 Å². The van der Waals surface area contributed by atoms with Gasteiger partial charge in [-0.15, -0.1) is 12.4 Å². The lowest BCUT2D eigenvalue weighted by atomic mass is 10.1. The van der Waals surface area contributed by atoms with Crippen molar-refractivity contribution in [2.24, 2.45) is 5.73 Å². The second kappa shape index (κ2) is 8.18. The fourth-order valence-corrected chi connectivity index (χ4v) is 1.87. The first-order valence-corrected chi connectivity index (χ1v) is 6.28. The van der Waals surface area contributed by atoms with Crippen LogP contribution in [0.3, 0.4) is 0 Å². The highest BCUT2D eigenvalue weighted by atomic mass is 35.5. The van der Waals surface area contributed by atoms with E-state index in [4.69, 9.17) is 22.1 Å². The smallest absolute Gasteiger partial charge is 0.0951 e. The molecule has 0 bridgehead atoms. The van der Waals surface area contributed by atoms with E-state index in [9.17, 15) is 0 Å². The number of ether oxygens (including phenoxy) is 1. The molecular weight excluding hydrogens is 281 g/mol. The van der Waals surface area contributed by atoms with Crippen molar-refractivity contribution < 1.29 is 4.74 Å². The van der Waals surface area contributed by atoms with Crippen molar-refractivity contribution in [3.63, 3.8) is 0 Å². The highest BCUT2D eigenvalue weighted by molar-refractivity contribution is 6.30. The van der Waals surface area contributed by atoms with E-state index in [0.29, 0.717) is 13.2 Å². The van der Waals surface area contributed by atoms with Crippen LogP contribution in [0.4, 0.5) is 0 Å². The van der Waals surface area contributed by atoms with Crippen molar-refractivity contribution >= 4 is 24.0 Å². The van der Waals surface area contributed by atoms with Gasteiger partial charge in [0.2, 0.25) is 0 Å². The van der Waals surface area contributed by atoms with Crippen molar-refractivity contribution in [2.75, 3.05) is 6.54 Å². The van der Waals surface area contributed by atoms with Gasteiger partial charge in [0.05, 0.1) is 12.7 Å². The molecule has 0 aliphatic rings. The lowest BCUT2D eigenvalue weighted by molar-refractivity contribution is 0.0456. The first-order chi connectivity index (χ1) is 8.79. The van der Waals surface area contributed by atoms with E-state index < -0.39 is 0 Å². The van der Waals surface area contributed by atoms with Crippen LogP contribution in [0.5, 0.6) is 0 Å². The molecule has 1 atom stereocenters. The van der Waals surface area contributed by atoms with E-state index in [2.05, 4.69) is 0 Å².